The molecule has 4 aromatic rings. The van der Waals surface area contributed by atoms with Crippen LogP contribution in [0.5, 0.6) is 0 Å². The van der Waals surface area contributed by atoms with Gasteiger partial charge in [-0.1, -0.05) is 66.7 Å². The van der Waals surface area contributed by atoms with Crippen molar-refractivity contribution in [1.82, 2.24) is 0 Å². The molecular formula is C20H13. The van der Waals surface area contributed by atoms with Crippen molar-refractivity contribution in [2.45, 2.75) is 0 Å². The highest BCUT2D eigenvalue weighted by atomic mass is 14.1. The first-order valence-corrected chi connectivity index (χ1v) is 6.80. The summed E-state index contributed by atoms with van der Waals surface area (Å²) < 4.78 is 0. The molecule has 20 heavy (non-hydrogen) atoms. The first-order chi connectivity index (χ1) is 9.92. The van der Waals surface area contributed by atoms with E-state index in [0.717, 1.165) is 0 Å². The second-order valence-corrected chi connectivity index (χ2v) is 5.00. The molecule has 0 spiro atoms. The fourth-order valence-electron chi connectivity index (χ4n) is 2.73. The maximum Gasteiger partial charge on any atom is -0.00926 e. The summed E-state index contributed by atoms with van der Waals surface area (Å²) >= 11 is 0. The monoisotopic (exact) mass is 253 g/mol. The number of rotatable bonds is 1. The quantitative estimate of drug-likeness (QED) is 0.395. The molecule has 4 rings (SSSR count). The van der Waals surface area contributed by atoms with Crippen molar-refractivity contribution in [1.29, 1.82) is 0 Å². The van der Waals surface area contributed by atoms with E-state index in [2.05, 4.69) is 78.9 Å². The highest BCUT2D eigenvalue weighted by molar-refractivity contribution is 6.08. The molecule has 0 aromatic heterocycles. The van der Waals surface area contributed by atoms with Crippen LogP contribution in [-0.2, 0) is 0 Å². The molecule has 0 fully saturated rings. The van der Waals surface area contributed by atoms with E-state index in [1.165, 1.54) is 32.7 Å². The Morgan fingerprint density at radius 1 is 0.600 bits per heavy atom. The molecule has 0 saturated heterocycles. The molecule has 0 atom stereocenters. The summed E-state index contributed by atoms with van der Waals surface area (Å²) in [6, 6.07) is 31.0. The van der Waals surface area contributed by atoms with Gasteiger partial charge in [0, 0.05) is 0 Å². The molecule has 0 unspecified atom stereocenters. The normalized spacial score (nSPS) is 11.0. The van der Waals surface area contributed by atoms with Gasteiger partial charge >= 0.3 is 0 Å². The van der Waals surface area contributed by atoms with E-state index in [-0.39, 0.29) is 0 Å². The zero-order chi connectivity index (χ0) is 13.4. The smallest absolute Gasteiger partial charge is 0.00926 e. The van der Waals surface area contributed by atoms with Crippen molar-refractivity contribution in [3.05, 3.63) is 84.9 Å². The van der Waals surface area contributed by atoms with Gasteiger partial charge in [-0.3, -0.25) is 0 Å². The van der Waals surface area contributed by atoms with Crippen LogP contribution < -0.4 is 0 Å². The predicted octanol–water partition coefficient (Wildman–Crippen LogP) is 5.46. The Morgan fingerprint density at radius 2 is 1.40 bits per heavy atom. The van der Waals surface area contributed by atoms with Gasteiger partial charge in [0.1, 0.15) is 0 Å². The van der Waals surface area contributed by atoms with E-state index in [0.29, 0.717) is 0 Å². The van der Waals surface area contributed by atoms with Crippen LogP contribution in [0.4, 0.5) is 0 Å². The van der Waals surface area contributed by atoms with E-state index in [9.17, 15) is 0 Å². The fourth-order valence-corrected chi connectivity index (χ4v) is 2.73. The van der Waals surface area contributed by atoms with Crippen LogP contribution in [-0.4, -0.2) is 0 Å². The molecule has 0 aliphatic heterocycles. The molecule has 0 heterocycles. The van der Waals surface area contributed by atoms with Crippen LogP contribution in [0.1, 0.15) is 0 Å². The van der Waals surface area contributed by atoms with Crippen LogP contribution in [0.15, 0.2) is 78.9 Å². The first kappa shape index (κ1) is 11.2. The number of fused-ring (bicyclic) bond motifs is 3. The molecule has 0 N–H and O–H groups in total. The van der Waals surface area contributed by atoms with E-state index < -0.39 is 0 Å². The summed E-state index contributed by atoms with van der Waals surface area (Å²) in [6.07, 6.45) is 0. The Morgan fingerprint density at radius 3 is 2.30 bits per heavy atom. The van der Waals surface area contributed by atoms with Crippen molar-refractivity contribution < 1.29 is 0 Å². The third-order valence-corrected chi connectivity index (χ3v) is 3.76. The molecule has 93 valence electrons. The molecule has 1 radical (unpaired) electrons. The van der Waals surface area contributed by atoms with Crippen molar-refractivity contribution in [3.63, 3.8) is 0 Å². The van der Waals surface area contributed by atoms with Crippen molar-refractivity contribution in [2.24, 2.45) is 0 Å². The third kappa shape index (κ3) is 1.78. The fraction of sp³-hybridized carbons (Fsp3) is 0. The lowest BCUT2D eigenvalue weighted by molar-refractivity contribution is 1.65. The SMILES string of the molecule is [c]1cc2ccccc2c2cc(-c3ccccc3)ccc12. The van der Waals surface area contributed by atoms with Crippen LogP contribution in [0, 0.1) is 6.07 Å². The standard InChI is InChI=1S/C20H13/c1-2-6-15(7-3-1)18-13-12-17-11-10-16-8-4-5-9-19(16)20(17)14-18/h1-10,12-14H. The van der Waals surface area contributed by atoms with E-state index >= 15 is 0 Å². The first-order valence-electron chi connectivity index (χ1n) is 6.80. The lowest BCUT2D eigenvalue weighted by Gasteiger charge is -2.07. The minimum atomic E-state index is 1.17. The average Bonchev–Trinajstić information content (AvgIpc) is 2.55. The van der Waals surface area contributed by atoms with Gasteiger partial charge in [0.25, 0.3) is 0 Å². The van der Waals surface area contributed by atoms with Gasteiger partial charge in [-0.2, -0.15) is 0 Å². The van der Waals surface area contributed by atoms with Gasteiger partial charge in [0.05, 0.1) is 0 Å². The zero-order valence-corrected chi connectivity index (χ0v) is 11.0. The Bertz CT molecular complexity index is 889. The highest BCUT2D eigenvalue weighted by Crippen LogP contribution is 2.29. The summed E-state index contributed by atoms with van der Waals surface area (Å²) in [5, 5.41) is 4.97. The van der Waals surface area contributed by atoms with Crippen molar-refractivity contribution in [3.8, 4) is 11.1 Å². The highest BCUT2D eigenvalue weighted by Gasteiger charge is 2.03. The van der Waals surface area contributed by atoms with Crippen LogP contribution >= 0.6 is 0 Å². The average molecular weight is 253 g/mol. The summed E-state index contributed by atoms with van der Waals surface area (Å²) in [4.78, 5) is 0. The topological polar surface area (TPSA) is 0 Å². The second-order valence-electron chi connectivity index (χ2n) is 5.00. The Labute approximate surface area is 118 Å². The van der Waals surface area contributed by atoms with Crippen molar-refractivity contribution >= 4 is 21.5 Å². The summed E-state index contributed by atoms with van der Waals surface area (Å²) in [6.45, 7) is 0. The number of hydrogen-bond acceptors (Lipinski definition) is 0. The van der Waals surface area contributed by atoms with Gasteiger partial charge in [-0.25, -0.2) is 0 Å². The summed E-state index contributed by atoms with van der Waals surface area (Å²) in [7, 11) is 0. The van der Waals surface area contributed by atoms with Gasteiger partial charge < -0.3 is 0 Å². The van der Waals surface area contributed by atoms with E-state index in [4.69, 9.17) is 0 Å². The zero-order valence-electron chi connectivity index (χ0n) is 11.0. The molecule has 0 aliphatic carbocycles. The molecule has 0 heteroatoms. The largest absolute Gasteiger partial charge is 0.0622 e. The molecule has 0 bridgehead atoms. The lowest BCUT2D eigenvalue weighted by Crippen LogP contribution is -1.81. The van der Waals surface area contributed by atoms with E-state index in [1.807, 2.05) is 6.07 Å². The van der Waals surface area contributed by atoms with E-state index in [1.54, 1.807) is 0 Å². The van der Waals surface area contributed by atoms with Crippen LogP contribution in [0.3, 0.4) is 0 Å². The maximum atomic E-state index is 3.37. The third-order valence-electron chi connectivity index (χ3n) is 3.76. The predicted molar refractivity (Wildman–Crippen MR) is 85.7 cm³/mol. The molecule has 0 amide bonds. The van der Waals surface area contributed by atoms with Crippen LogP contribution in [0.25, 0.3) is 32.7 Å². The molecular weight excluding hydrogens is 240 g/mol. The Kier molecular flexibility index (Phi) is 2.53. The minimum Gasteiger partial charge on any atom is -0.0622 e. The molecule has 0 aliphatic rings. The molecule has 0 nitrogen and oxygen atoms in total. The summed E-state index contributed by atoms with van der Waals surface area (Å²) in [5.74, 6) is 0. The minimum absolute atomic E-state index is 1.17. The number of benzene rings is 4. The maximum absolute atomic E-state index is 3.37. The van der Waals surface area contributed by atoms with Crippen molar-refractivity contribution in [2.75, 3.05) is 0 Å². The second kappa shape index (κ2) is 4.50. The molecule has 4 aromatic carbocycles. The van der Waals surface area contributed by atoms with Gasteiger partial charge in [0.15, 0.2) is 0 Å². The van der Waals surface area contributed by atoms with Gasteiger partial charge in [0.2, 0.25) is 0 Å². The number of hydrogen-bond donors (Lipinski definition) is 0. The van der Waals surface area contributed by atoms with Gasteiger partial charge in [-0.05, 0) is 50.9 Å². The lowest BCUT2D eigenvalue weighted by atomic mass is 9.97. The van der Waals surface area contributed by atoms with Gasteiger partial charge in [-0.15, -0.1) is 0 Å². The van der Waals surface area contributed by atoms with Crippen LogP contribution in [0.2, 0.25) is 0 Å². The molecule has 0 saturated carbocycles. The summed E-state index contributed by atoms with van der Waals surface area (Å²) in [5.41, 5.74) is 2.50. The Balaban J connectivity index is 2.05. The Hall–Kier alpha value is -2.60.